The van der Waals surface area contributed by atoms with Crippen molar-refractivity contribution in [2.24, 2.45) is 0 Å². The lowest BCUT2D eigenvalue weighted by Gasteiger charge is -2.11. The van der Waals surface area contributed by atoms with Crippen LogP contribution in [-0.2, 0) is 0 Å². The van der Waals surface area contributed by atoms with Gasteiger partial charge in [-0.15, -0.1) is 0 Å². The second kappa shape index (κ2) is 7.27. The molecule has 0 fully saturated rings. The quantitative estimate of drug-likeness (QED) is 0.770. The average Bonchev–Trinajstić information content (AvgIpc) is 2.44. The zero-order valence-electron chi connectivity index (χ0n) is 13.0. The summed E-state index contributed by atoms with van der Waals surface area (Å²) in [5.41, 5.74) is 2.18. The Morgan fingerprint density at radius 1 is 1.09 bits per heavy atom. The zero-order chi connectivity index (χ0) is 16.1. The van der Waals surface area contributed by atoms with Crippen LogP contribution in [0.4, 0.5) is 0 Å². The fourth-order valence-electron chi connectivity index (χ4n) is 1.82. The van der Waals surface area contributed by atoms with Gasteiger partial charge in [-0.1, -0.05) is 23.4 Å². The number of benzene rings is 2. The van der Waals surface area contributed by atoms with E-state index < -0.39 is 0 Å². The molecule has 0 radical (unpaired) electrons. The summed E-state index contributed by atoms with van der Waals surface area (Å²) in [5, 5.41) is 19.7. The monoisotopic (exact) mass is 316 g/mol. The van der Waals surface area contributed by atoms with Crippen LogP contribution in [-0.4, -0.2) is 16.8 Å². The molecule has 116 valence electrons. The molecule has 0 atom stereocenters. The van der Waals surface area contributed by atoms with Crippen molar-refractivity contribution in [3.05, 3.63) is 53.6 Å². The summed E-state index contributed by atoms with van der Waals surface area (Å²) in [7, 11) is 0. The average molecular weight is 316 g/mol. The Labute approximate surface area is 135 Å². The highest BCUT2D eigenvalue weighted by Crippen LogP contribution is 2.40. The summed E-state index contributed by atoms with van der Waals surface area (Å²) in [4.78, 5) is 1.60. The Morgan fingerprint density at radius 2 is 1.82 bits per heavy atom. The highest BCUT2D eigenvalue weighted by atomic mass is 32.2. The summed E-state index contributed by atoms with van der Waals surface area (Å²) in [6.45, 7) is 6.39. The molecular formula is C18H20O3S. The number of rotatable bonds is 5. The molecule has 2 aromatic rings. The van der Waals surface area contributed by atoms with Crippen molar-refractivity contribution in [1.82, 2.24) is 0 Å². The standard InChI is InChI=1S/C18H20O3S/c1-12(2)8-9-21-16-11-14(19)5-7-18(16)22-17-6-4-13(3)10-15(17)20/h4-8,10-11,19-20H,9H2,1-3H3. The molecule has 0 heterocycles. The fraction of sp³-hybridized carbons (Fsp3) is 0.222. The Hall–Kier alpha value is -2.07. The minimum atomic E-state index is 0.157. The number of aromatic hydroxyl groups is 2. The minimum absolute atomic E-state index is 0.157. The van der Waals surface area contributed by atoms with Gasteiger partial charge in [0.05, 0.1) is 9.79 Å². The summed E-state index contributed by atoms with van der Waals surface area (Å²) < 4.78 is 5.73. The second-order valence-electron chi connectivity index (χ2n) is 5.30. The first-order valence-corrected chi connectivity index (χ1v) is 7.84. The first-order chi connectivity index (χ1) is 10.5. The van der Waals surface area contributed by atoms with Gasteiger partial charge >= 0.3 is 0 Å². The number of phenols is 2. The largest absolute Gasteiger partial charge is 0.508 e. The van der Waals surface area contributed by atoms with Crippen LogP contribution < -0.4 is 4.74 Å². The number of phenolic OH excluding ortho intramolecular Hbond substituents is 2. The second-order valence-corrected chi connectivity index (χ2v) is 6.38. The molecule has 0 aliphatic rings. The topological polar surface area (TPSA) is 49.7 Å². The van der Waals surface area contributed by atoms with Crippen LogP contribution in [0.15, 0.2) is 57.8 Å². The van der Waals surface area contributed by atoms with E-state index >= 15 is 0 Å². The number of ether oxygens (including phenoxy) is 1. The van der Waals surface area contributed by atoms with E-state index in [1.807, 2.05) is 39.0 Å². The highest BCUT2D eigenvalue weighted by Gasteiger charge is 2.10. The maximum atomic E-state index is 10.0. The molecule has 0 amide bonds. The summed E-state index contributed by atoms with van der Waals surface area (Å²) in [6.07, 6.45) is 1.97. The van der Waals surface area contributed by atoms with Gasteiger partial charge in [-0.2, -0.15) is 0 Å². The van der Waals surface area contributed by atoms with E-state index in [1.165, 1.54) is 17.3 Å². The van der Waals surface area contributed by atoms with Crippen LogP contribution in [0.25, 0.3) is 0 Å². The van der Waals surface area contributed by atoms with Gasteiger partial charge in [-0.25, -0.2) is 0 Å². The van der Waals surface area contributed by atoms with Crippen LogP contribution in [0.3, 0.4) is 0 Å². The van der Waals surface area contributed by atoms with E-state index in [2.05, 4.69) is 0 Å². The maximum Gasteiger partial charge on any atom is 0.137 e. The van der Waals surface area contributed by atoms with Gasteiger partial charge < -0.3 is 14.9 Å². The Balaban J connectivity index is 2.24. The lowest BCUT2D eigenvalue weighted by Crippen LogP contribution is -1.95. The molecule has 0 aliphatic carbocycles. The molecular weight excluding hydrogens is 296 g/mol. The van der Waals surface area contributed by atoms with Crippen molar-refractivity contribution in [2.45, 2.75) is 30.6 Å². The van der Waals surface area contributed by atoms with Gasteiger partial charge in [-0.05, 0) is 56.7 Å². The van der Waals surface area contributed by atoms with Crippen molar-refractivity contribution >= 4 is 11.8 Å². The molecule has 0 aliphatic heterocycles. The van der Waals surface area contributed by atoms with E-state index in [0.29, 0.717) is 12.4 Å². The molecule has 0 spiro atoms. The van der Waals surface area contributed by atoms with Crippen molar-refractivity contribution in [1.29, 1.82) is 0 Å². The van der Waals surface area contributed by atoms with Gasteiger partial charge in [0, 0.05) is 6.07 Å². The molecule has 2 N–H and O–H groups in total. The van der Waals surface area contributed by atoms with E-state index in [-0.39, 0.29) is 11.5 Å². The van der Waals surface area contributed by atoms with Crippen molar-refractivity contribution in [3.8, 4) is 17.2 Å². The lowest BCUT2D eigenvalue weighted by atomic mass is 10.2. The molecule has 0 unspecified atom stereocenters. The molecule has 4 heteroatoms. The highest BCUT2D eigenvalue weighted by molar-refractivity contribution is 7.99. The summed E-state index contributed by atoms with van der Waals surface area (Å²) in [5.74, 6) is 1.00. The van der Waals surface area contributed by atoms with Crippen molar-refractivity contribution < 1.29 is 14.9 Å². The van der Waals surface area contributed by atoms with Crippen LogP contribution >= 0.6 is 11.8 Å². The number of allylic oxidation sites excluding steroid dienone is 1. The van der Waals surface area contributed by atoms with Crippen LogP contribution in [0, 0.1) is 6.92 Å². The third-order valence-electron chi connectivity index (χ3n) is 2.99. The zero-order valence-corrected chi connectivity index (χ0v) is 13.8. The predicted molar refractivity (Wildman–Crippen MR) is 90.0 cm³/mol. The molecule has 0 saturated heterocycles. The Kier molecular flexibility index (Phi) is 5.39. The van der Waals surface area contributed by atoms with Gasteiger partial charge in [-0.3, -0.25) is 0 Å². The molecule has 3 nitrogen and oxygen atoms in total. The number of hydrogen-bond donors (Lipinski definition) is 2. The third-order valence-corrected chi connectivity index (χ3v) is 4.11. The normalized spacial score (nSPS) is 10.3. The van der Waals surface area contributed by atoms with E-state index in [4.69, 9.17) is 4.74 Å². The fourth-order valence-corrected chi connectivity index (χ4v) is 2.72. The molecule has 22 heavy (non-hydrogen) atoms. The van der Waals surface area contributed by atoms with Gasteiger partial charge in [0.1, 0.15) is 23.9 Å². The SMILES string of the molecule is CC(C)=CCOc1cc(O)ccc1Sc1ccc(C)cc1O. The van der Waals surface area contributed by atoms with E-state index in [9.17, 15) is 10.2 Å². The summed E-state index contributed by atoms with van der Waals surface area (Å²) in [6, 6.07) is 10.5. The van der Waals surface area contributed by atoms with E-state index in [1.54, 1.807) is 24.3 Å². The Bertz CT molecular complexity index is 689. The molecule has 2 rings (SSSR count). The Morgan fingerprint density at radius 3 is 2.50 bits per heavy atom. The predicted octanol–water partition coefficient (Wildman–Crippen LogP) is 4.90. The maximum absolute atomic E-state index is 10.0. The van der Waals surface area contributed by atoms with Crippen LogP contribution in [0.1, 0.15) is 19.4 Å². The van der Waals surface area contributed by atoms with Crippen LogP contribution in [0.2, 0.25) is 0 Å². The van der Waals surface area contributed by atoms with E-state index in [0.717, 1.165) is 15.4 Å². The third kappa shape index (κ3) is 4.46. The number of aryl methyl sites for hydroxylation is 1. The minimum Gasteiger partial charge on any atom is -0.508 e. The molecule has 0 saturated carbocycles. The van der Waals surface area contributed by atoms with Crippen LogP contribution in [0.5, 0.6) is 17.2 Å². The smallest absolute Gasteiger partial charge is 0.137 e. The molecule has 0 bridgehead atoms. The van der Waals surface area contributed by atoms with Gasteiger partial charge in [0.25, 0.3) is 0 Å². The first-order valence-electron chi connectivity index (χ1n) is 7.02. The lowest BCUT2D eigenvalue weighted by molar-refractivity contribution is 0.350. The number of hydrogen-bond acceptors (Lipinski definition) is 4. The van der Waals surface area contributed by atoms with Crippen molar-refractivity contribution in [2.75, 3.05) is 6.61 Å². The van der Waals surface area contributed by atoms with Crippen molar-refractivity contribution in [3.63, 3.8) is 0 Å². The molecule has 2 aromatic carbocycles. The first kappa shape index (κ1) is 16.3. The van der Waals surface area contributed by atoms with Gasteiger partial charge in [0.2, 0.25) is 0 Å². The molecule has 0 aromatic heterocycles. The summed E-state index contributed by atoms with van der Waals surface area (Å²) >= 11 is 1.41. The van der Waals surface area contributed by atoms with Gasteiger partial charge in [0.15, 0.2) is 0 Å².